The van der Waals surface area contributed by atoms with E-state index < -0.39 is 15.8 Å². The number of nitro groups is 2. The zero-order valence-electron chi connectivity index (χ0n) is 19.4. The molecule has 0 atom stereocenters. The first kappa shape index (κ1) is 27.9. The number of anilines is 1. The van der Waals surface area contributed by atoms with Crippen LogP contribution in [0.4, 0.5) is 16.5 Å². The summed E-state index contributed by atoms with van der Waals surface area (Å²) in [4.78, 5) is 38.0. The fourth-order valence-corrected chi connectivity index (χ4v) is 4.13. The summed E-state index contributed by atoms with van der Waals surface area (Å²) >= 11 is 11.2. The average Bonchev–Trinajstić information content (AvgIpc) is 3.23. The lowest BCUT2D eigenvalue weighted by atomic mass is 10.1. The van der Waals surface area contributed by atoms with Crippen LogP contribution in [0, 0.1) is 27.2 Å². The van der Waals surface area contributed by atoms with Crippen LogP contribution in [0.15, 0.2) is 59.7 Å². The third-order valence-electron chi connectivity index (χ3n) is 4.64. The number of amides is 1. The zero-order valence-corrected chi connectivity index (χ0v) is 21.9. The van der Waals surface area contributed by atoms with Crippen molar-refractivity contribution in [2.24, 2.45) is 10.8 Å². The summed E-state index contributed by atoms with van der Waals surface area (Å²) in [5.41, 5.74) is 9.74. The number of aryl methyl sites for hydroxylation is 1. The van der Waals surface area contributed by atoms with Crippen molar-refractivity contribution >= 4 is 80.2 Å². The maximum absolute atomic E-state index is 12.4. The Bertz CT molecular complexity index is 1470. The SMILES string of the molecule is Cc1nc(NC(=S)NC(=O)c2ccc([N+](=O)[O-])cc2)sc1C(C=Cc1ccc([N+](=O)[O-])cc1)=NNC(N)=S. The molecule has 5 N–H and O–H groups in total. The lowest BCUT2D eigenvalue weighted by Gasteiger charge is -2.07. The molecule has 0 radical (unpaired) electrons. The van der Waals surface area contributed by atoms with Gasteiger partial charge in [-0.3, -0.25) is 35.8 Å². The molecule has 0 spiro atoms. The number of rotatable bonds is 8. The minimum atomic E-state index is -0.564. The fourth-order valence-electron chi connectivity index (χ4n) is 2.89. The van der Waals surface area contributed by atoms with Gasteiger partial charge in [-0.2, -0.15) is 5.10 Å². The molecule has 3 aromatic rings. The van der Waals surface area contributed by atoms with Crippen molar-refractivity contribution in [2.45, 2.75) is 6.92 Å². The van der Waals surface area contributed by atoms with E-state index in [1.807, 2.05) is 0 Å². The topological polar surface area (TPSA) is 191 Å². The smallest absolute Gasteiger partial charge is 0.269 e. The van der Waals surface area contributed by atoms with Gasteiger partial charge in [-0.15, -0.1) is 0 Å². The molecule has 2 aromatic carbocycles. The normalized spacial score (nSPS) is 11.1. The summed E-state index contributed by atoms with van der Waals surface area (Å²) in [6, 6.07) is 11.0. The standard InChI is InChI=1S/C22H18N8O5S3/c1-12-18(17(27-28-20(23)36)11-4-13-2-7-15(8-3-13)29(32)33)38-22(24-12)26-21(37)25-19(31)14-5-9-16(10-6-14)30(34)35/h2-11H,1H3,(H3,23,28,36)(H2,24,25,26,31,37). The van der Waals surface area contributed by atoms with Crippen LogP contribution in [0.3, 0.4) is 0 Å². The first-order valence-electron chi connectivity index (χ1n) is 10.4. The summed E-state index contributed by atoms with van der Waals surface area (Å²) < 4.78 is 0. The van der Waals surface area contributed by atoms with E-state index in [4.69, 9.17) is 30.2 Å². The monoisotopic (exact) mass is 570 g/mol. The molecule has 38 heavy (non-hydrogen) atoms. The number of carbonyl (C=O) groups excluding carboxylic acids is 1. The van der Waals surface area contributed by atoms with E-state index in [1.165, 1.54) is 47.7 Å². The number of nitrogens with one attached hydrogen (secondary N) is 3. The number of benzene rings is 2. The van der Waals surface area contributed by atoms with Gasteiger partial charge in [-0.05, 0) is 67.3 Å². The molecule has 1 amide bonds. The van der Waals surface area contributed by atoms with Gasteiger partial charge in [0.15, 0.2) is 15.4 Å². The number of hydrogen-bond acceptors (Lipinski definition) is 10. The second kappa shape index (κ2) is 12.5. The molecule has 0 saturated carbocycles. The molecule has 0 saturated heterocycles. The number of hydrazone groups is 1. The van der Waals surface area contributed by atoms with E-state index in [2.05, 4.69) is 26.1 Å². The minimum absolute atomic E-state index is 0.0307. The van der Waals surface area contributed by atoms with Crippen LogP contribution in [-0.4, -0.2) is 36.7 Å². The third-order valence-corrected chi connectivity index (χ3v) is 6.03. The number of hydrogen-bond donors (Lipinski definition) is 4. The Morgan fingerprint density at radius 1 is 1.05 bits per heavy atom. The Morgan fingerprint density at radius 3 is 2.18 bits per heavy atom. The summed E-state index contributed by atoms with van der Waals surface area (Å²) in [5, 5.41) is 31.4. The van der Waals surface area contributed by atoms with Crippen molar-refractivity contribution in [2.75, 3.05) is 5.32 Å². The molecule has 0 aliphatic rings. The number of allylic oxidation sites excluding steroid dienone is 1. The number of nitrogens with zero attached hydrogens (tertiary/aromatic N) is 4. The van der Waals surface area contributed by atoms with Crippen molar-refractivity contribution < 1.29 is 14.6 Å². The Labute approximate surface area is 229 Å². The summed E-state index contributed by atoms with van der Waals surface area (Å²) in [6.07, 6.45) is 3.36. The molecule has 0 aliphatic heterocycles. The van der Waals surface area contributed by atoms with Gasteiger partial charge in [0, 0.05) is 29.8 Å². The largest absolute Gasteiger partial charge is 0.375 e. The van der Waals surface area contributed by atoms with Gasteiger partial charge >= 0.3 is 0 Å². The second-order valence-electron chi connectivity index (χ2n) is 7.30. The van der Waals surface area contributed by atoms with E-state index >= 15 is 0 Å². The highest BCUT2D eigenvalue weighted by molar-refractivity contribution is 7.80. The van der Waals surface area contributed by atoms with Crippen molar-refractivity contribution in [3.8, 4) is 0 Å². The Morgan fingerprint density at radius 2 is 1.63 bits per heavy atom. The Kier molecular flexibility index (Phi) is 9.20. The lowest BCUT2D eigenvalue weighted by Crippen LogP contribution is -2.34. The van der Waals surface area contributed by atoms with Gasteiger partial charge in [0.1, 0.15) is 5.71 Å². The summed E-state index contributed by atoms with van der Waals surface area (Å²) in [7, 11) is 0. The maximum Gasteiger partial charge on any atom is 0.269 e. The number of thiocarbonyl (C=S) groups is 2. The van der Waals surface area contributed by atoms with Crippen LogP contribution in [-0.2, 0) is 0 Å². The molecular weight excluding hydrogens is 552 g/mol. The van der Waals surface area contributed by atoms with Crippen LogP contribution in [0.25, 0.3) is 6.08 Å². The van der Waals surface area contributed by atoms with Gasteiger partial charge in [0.25, 0.3) is 17.3 Å². The highest BCUT2D eigenvalue weighted by atomic mass is 32.1. The van der Waals surface area contributed by atoms with Crippen LogP contribution in [0.1, 0.15) is 26.5 Å². The van der Waals surface area contributed by atoms with E-state index in [0.717, 1.165) is 0 Å². The quantitative estimate of drug-likeness (QED) is 0.134. The van der Waals surface area contributed by atoms with Crippen molar-refractivity contribution in [3.63, 3.8) is 0 Å². The molecule has 0 bridgehead atoms. The molecule has 3 rings (SSSR count). The van der Waals surface area contributed by atoms with Crippen molar-refractivity contribution in [1.29, 1.82) is 0 Å². The number of nitro benzene ring substituents is 2. The third kappa shape index (κ3) is 7.66. The predicted octanol–water partition coefficient (Wildman–Crippen LogP) is 3.65. The molecule has 13 nitrogen and oxygen atoms in total. The predicted molar refractivity (Wildman–Crippen MR) is 152 cm³/mol. The van der Waals surface area contributed by atoms with E-state index in [-0.39, 0.29) is 27.2 Å². The molecule has 16 heteroatoms. The summed E-state index contributed by atoms with van der Waals surface area (Å²) in [5.74, 6) is -0.556. The lowest BCUT2D eigenvalue weighted by molar-refractivity contribution is -0.385. The van der Waals surface area contributed by atoms with Gasteiger partial charge in [0.05, 0.1) is 20.4 Å². The Hall–Kier alpha value is -4.67. The molecule has 1 heterocycles. The highest BCUT2D eigenvalue weighted by Crippen LogP contribution is 2.24. The van der Waals surface area contributed by atoms with Crippen LogP contribution < -0.4 is 21.8 Å². The molecule has 0 fully saturated rings. The van der Waals surface area contributed by atoms with Crippen LogP contribution >= 0.6 is 35.8 Å². The molecule has 0 unspecified atom stereocenters. The summed E-state index contributed by atoms with van der Waals surface area (Å²) in [6.45, 7) is 1.74. The number of thiazole rings is 1. The molecular formula is C22H18N8O5S3. The number of non-ortho nitro benzene ring substituents is 2. The van der Waals surface area contributed by atoms with Crippen LogP contribution in [0.2, 0.25) is 0 Å². The molecule has 1 aromatic heterocycles. The van der Waals surface area contributed by atoms with Crippen molar-refractivity contribution in [1.82, 2.24) is 15.7 Å². The van der Waals surface area contributed by atoms with Crippen molar-refractivity contribution in [3.05, 3.63) is 96.5 Å². The Balaban J connectivity index is 1.75. The van der Waals surface area contributed by atoms with Crippen LogP contribution in [0.5, 0.6) is 0 Å². The second-order valence-corrected chi connectivity index (χ2v) is 9.15. The molecule has 0 aliphatic carbocycles. The highest BCUT2D eigenvalue weighted by Gasteiger charge is 2.15. The minimum Gasteiger partial charge on any atom is -0.375 e. The first-order valence-corrected chi connectivity index (χ1v) is 12.1. The first-order chi connectivity index (χ1) is 18.0. The van der Waals surface area contributed by atoms with E-state index in [0.29, 0.717) is 27.0 Å². The zero-order chi connectivity index (χ0) is 27.8. The average molecular weight is 571 g/mol. The van der Waals surface area contributed by atoms with Gasteiger partial charge in [-0.25, -0.2) is 4.98 Å². The number of nitrogens with two attached hydrogens (primary N) is 1. The maximum atomic E-state index is 12.4. The van der Waals surface area contributed by atoms with E-state index in [1.54, 1.807) is 31.2 Å². The van der Waals surface area contributed by atoms with Gasteiger partial charge < -0.3 is 11.1 Å². The fraction of sp³-hybridized carbons (Fsp3) is 0.0455. The molecule has 194 valence electrons. The van der Waals surface area contributed by atoms with Gasteiger partial charge in [0.2, 0.25) is 0 Å². The van der Waals surface area contributed by atoms with Gasteiger partial charge in [-0.1, -0.05) is 17.4 Å². The van der Waals surface area contributed by atoms with E-state index in [9.17, 15) is 25.0 Å². The number of carbonyl (C=O) groups is 1. The number of aromatic nitrogens is 1.